The number of ether oxygens (including phenoxy) is 2. The van der Waals surface area contributed by atoms with Gasteiger partial charge in [-0.2, -0.15) is 12.7 Å². The lowest BCUT2D eigenvalue weighted by Gasteiger charge is -2.30. The Morgan fingerprint density at radius 2 is 1.73 bits per heavy atom. The quantitative estimate of drug-likeness (QED) is 0.369. The van der Waals surface area contributed by atoms with Crippen molar-refractivity contribution in [3.05, 3.63) is 47.5 Å². The van der Waals surface area contributed by atoms with Gasteiger partial charge in [-0.25, -0.2) is 14.3 Å². The summed E-state index contributed by atoms with van der Waals surface area (Å²) in [5.41, 5.74) is -0.404. The molecule has 1 aromatic rings. The number of allylic oxidation sites excluding steroid dienone is 1. The van der Waals surface area contributed by atoms with Gasteiger partial charge in [-0.3, -0.25) is 19.3 Å². The predicted octanol–water partition coefficient (Wildman–Crippen LogP) is 3.10. The molecule has 52 heavy (non-hydrogen) atoms. The number of hydrogen-bond donors (Lipinski definition) is 3. The number of rotatable bonds is 6. The largest absolute Gasteiger partial charge is 0.444 e. The number of hydrogen-bond acceptors (Lipinski definition) is 9. The lowest BCUT2D eigenvalue weighted by molar-refractivity contribution is -0.141. The monoisotopic (exact) mass is 744 g/mol. The maximum Gasteiger partial charge on any atom is 0.410 e. The Hall–Kier alpha value is -4.18. The number of benzene rings is 1. The molecular weight excluding hydrogens is 692 g/mol. The highest BCUT2D eigenvalue weighted by atomic mass is 32.2. The smallest absolute Gasteiger partial charge is 0.410 e. The third-order valence-electron chi connectivity index (χ3n) is 10.0. The number of fused-ring (bicyclic) bond motifs is 3. The van der Waals surface area contributed by atoms with Gasteiger partial charge < -0.3 is 25.0 Å². The van der Waals surface area contributed by atoms with Gasteiger partial charge in [-0.05, 0) is 71.4 Å². The van der Waals surface area contributed by atoms with Gasteiger partial charge in [0.25, 0.3) is 5.91 Å². The van der Waals surface area contributed by atoms with E-state index in [0.717, 1.165) is 28.3 Å². The van der Waals surface area contributed by atoms with E-state index >= 15 is 0 Å². The molecule has 3 heterocycles. The maximum atomic E-state index is 14.3. The third-order valence-corrected chi connectivity index (χ3v) is 11.7. The fourth-order valence-corrected chi connectivity index (χ4v) is 7.97. The van der Waals surface area contributed by atoms with Crippen LogP contribution in [0.2, 0.25) is 0 Å². The standard InChI is InChI=1S/C36H52N6O9S/c1-23(2)40(6)52(48,49)39-32(45)36-19-26(36)16-10-8-7-9-11-17-28(37-33(46)51-35(3,4)5)31(44)42-22-27(18-29(42)30(43)38-36)50-34(47)41-20-24-14-12-13-15-25(24)21-41/h10,12-16,23,26-29H,7-9,11,17-22H2,1-6H3,(H,37,46)(H,38,43)(H,39,45)/b16-10-/t26-,27+,28-,29-,36+/m0/s1. The van der Waals surface area contributed by atoms with Crippen LogP contribution in [0.25, 0.3) is 0 Å². The van der Waals surface area contributed by atoms with Crippen LogP contribution in [0.4, 0.5) is 9.59 Å². The lowest BCUT2D eigenvalue weighted by atomic mass is 10.0. The van der Waals surface area contributed by atoms with Gasteiger partial charge in [0.1, 0.15) is 29.3 Å². The molecule has 1 saturated heterocycles. The van der Waals surface area contributed by atoms with Gasteiger partial charge in [-0.15, -0.1) is 0 Å². The Bertz CT molecular complexity index is 1670. The average molecular weight is 745 g/mol. The van der Waals surface area contributed by atoms with Crippen LogP contribution in [-0.4, -0.2) is 101 Å². The van der Waals surface area contributed by atoms with E-state index < -0.39 is 81.4 Å². The summed E-state index contributed by atoms with van der Waals surface area (Å²) in [6.45, 7) is 9.04. The first kappa shape index (κ1) is 39.0. The van der Waals surface area contributed by atoms with E-state index in [-0.39, 0.29) is 25.8 Å². The molecule has 3 N–H and O–H groups in total. The summed E-state index contributed by atoms with van der Waals surface area (Å²) in [4.78, 5) is 71.4. The number of alkyl carbamates (subject to hydrolysis) is 1. The van der Waals surface area contributed by atoms with Crippen molar-refractivity contribution < 1.29 is 41.9 Å². The molecule has 0 spiro atoms. The summed E-state index contributed by atoms with van der Waals surface area (Å²) >= 11 is 0. The predicted molar refractivity (Wildman–Crippen MR) is 190 cm³/mol. The van der Waals surface area contributed by atoms with Crippen molar-refractivity contribution in [1.82, 2.24) is 29.5 Å². The fourth-order valence-electron chi connectivity index (χ4n) is 6.85. The molecule has 5 rings (SSSR count). The van der Waals surface area contributed by atoms with Gasteiger partial charge in [0.15, 0.2) is 0 Å². The first-order valence-corrected chi connectivity index (χ1v) is 19.5. The van der Waals surface area contributed by atoms with Crippen molar-refractivity contribution in [3.8, 4) is 0 Å². The SMILES string of the molecule is CC(C)N(C)S(=O)(=O)NC(=O)[C@@]12C[C@@H]1/C=C\CCCCC[C@H](NC(=O)OC(C)(C)C)C(=O)N1C[C@H](OC(=O)N3Cc4ccccc4C3)C[C@H]1C(=O)N2. The number of carbonyl (C=O) groups is 5. The van der Waals surface area contributed by atoms with E-state index in [1.165, 1.54) is 11.9 Å². The Kier molecular flexibility index (Phi) is 11.6. The molecule has 16 heteroatoms. The lowest BCUT2D eigenvalue weighted by Crippen LogP contribution is -2.59. The molecule has 5 amide bonds. The zero-order valence-corrected chi connectivity index (χ0v) is 31.7. The zero-order chi connectivity index (χ0) is 38.0. The molecule has 2 fully saturated rings. The second-order valence-electron chi connectivity index (χ2n) is 15.5. The van der Waals surface area contributed by atoms with Crippen molar-refractivity contribution in [2.45, 2.75) is 128 Å². The van der Waals surface area contributed by atoms with E-state index in [1.54, 1.807) is 39.5 Å². The summed E-state index contributed by atoms with van der Waals surface area (Å²) in [5, 5.41) is 5.50. The summed E-state index contributed by atoms with van der Waals surface area (Å²) in [5.74, 6) is -2.63. The highest BCUT2D eigenvalue weighted by Crippen LogP contribution is 2.46. The highest BCUT2D eigenvalue weighted by Gasteiger charge is 2.62. The van der Waals surface area contributed by atoms with Crippen molar-refractivity contribution in [1.29, 1.82) is 0 Å². The molecule has 3 aliphatic heterocycles. The first-order chi connectivity index (χ1) is 24.4. The number of nitrogens with one attached hydrogen (secondary N) is 3. The number of carbonyl (C=O) groups excluding carboxylic acids is 5. The van der Waals surface area contributed by atoms with Gasteiger partial charge >= 0.3 is 22.4 Å². The van der Waals surface area contributed by atoms with Crippen LogP contribution in [-0.2, 0) is 47.2 Å². The van der Waals surface area contributed by atoms with E-state index in [9.17, 15) is 32.4 Å². The third kappa shape index (κ3) is 9.06. The molecule has 0 unspecified atom stereocenters. The van der Waals surface area contributed by atoms with Crippen molar-refractivity contribution in [2.24, 2.45) is 5.92 Å². The van der Waals surface area contributed by atoms with Crippen molar-refractivity contribution in [2.75, 3.05) is 13.6 Å². The Morgan fingerprint density at radius 3 is 2.37 bits per heavy atom. The molecular formula is C36H52N6O9S. The molecule has 0 bridgehead atoms. The maximum absolute atomic E-state index is 14.3. The molecule has 0 aromatic heterocycles. The van der Waals surface area contributed by atoms with E-state index in [2.05, 4.69) is 15.4 Å². The zero-order valence-electron chi connectivity index (χ0n) is 30.8. The summed E-state index contributed by atoms with van der Waals surface area (Å²) in [6.07, 6.45) is 4.59. The summed E-state index contributed by atoms with van der Waals surface area (Å²) in [7, 11) is -2.88. The summed E-state index contributed by atoms with van der Waals surface area (Å²) < 4.78 is 40.6. The summed E-state index contributed by atoms with van der Waals surface area (Å²) in [6, 6.07) is 4.99. The van der Waals surface area contributed by atoms with Gasteiger partial charge in [0.05, 0.1) is 6.54 Å². The molecule has 0 radical (unpaired) electrons. The molecule has 1 aromatic carbocycles. The van der Waals surface area contributed by atoms with Gasteiger partial charge in [-0.1, -0.05) is 49.3 Å². The van der Waals surface area contributed by atoms with Crippen molar-refractivity contribution >= 4 is 40.1 Å². The van der Waals surface area contributed by atoms with E-state index in [1.807, 2.05) is 36.4 Å². The number of amides is 5. The highest BCUT2D eigenvalue weighted by molar-refractivity contribution is 7.87. The van der Waals surface area contributed by atoms with Crippen LogP contribution >= 0.6 is 0 Å². The van der Waals surface area contributed by atoms with Gasteiger partial charge in [0.2, 0.25) is 11.8 Å². The van der Waals surface area contributed by atoms with Crippen LogP contribution < -0.4 is 15.4 Å². The second-order valence-corrected chi connectivity index (χ2v) is 17.2. The second kappa shape index (κ2) is 15.4. The van der Waals surface area contributed by atoms with Crippen molar-refractivity contribution in [3.63, 3.8) is 0 Å². The van der Waals surface area contributed by atoms with Crippen LogP contribution in [0.15, 0.2) is 36.4 Å². The molecule has 1 saturated carbocycles. The van der Waals surface area contributed by atoms with Crippen LogP contribution in [0, 0.1) is 5.92 Å². The molecule has 4 aliphatic rings. The molecule has 15 nitrogen and oxygen atoms in total. The average Bonchev–Trinajstić information content (AvgIpc) is 3.36. The molecule has 1 aliphatic carbocycles. The fraction of sp³-hybridized carbons (Fsp3) is 0.639. The Balaban J connectivity index is 1.41. The first-order valence-electron chi connectivity index (χ1n) is 18.0. The van der Waals surface area contributed by atoms with E-state index in [4.69, 9.17) is 9.47 Å². The molecule has 5 atom stereocenters. The van der Waals surface area contributed by atoms with Crippen LogP contribution in [0.3, 0.4) is 0 Å². The Labute approximate surface area is 306 Å². The minimum Gasteiger partial charge on any atom is -0.444 e. The van der Waals surface area contributed by atoms with Crippen LogP contribution in [0.5, 0.6) is 0 Å². The van der Waals surface area contributed by atoms with Gasteiger partial charge in [0, 0.05) is 38.5 Å². The minimum atomic E-state index is -4.23. The molecule has 286 valence electrons. The topological polar surface area (TPSA) is 184 Å². The number of nitrogens with zero attached hydrogens (tertiary/aromatic N) is 3. The normalized spacial score (nSPS) is 27.4. The Morgan fingerprint density at radius 1 is 1.06 bits per heavy atom. The van der Waals surface area contributed by atoms with E-state index in [0.29, 0.717) is 25.9 Å². The minimum absolute atomic E-state index is 0.0736. The van der Waals surface area contributed by atoms with Crippen LogP contribution in [0.1, 0.15) is 90.7 Å².